The Morgan fingerprint density at radius 2 is 1.88 bits per heavy atom. The average Bonchev–Trinajstić information content (AvgIpc) is 2.63. The number of pyridine rings is 1. The number of hydrogen-bond donors (Lipinski definition) is 0. The number of aromatic nitrogens is 1. The molecule has 1 saturated heterocycles. The average molecular weight is 357 g/mol. The molecular formula is C19H17ClN2O3. The van der Waals surface area contributed by atoms with Gasteiger partial charge >= 0.3 is 0 Å². The lowest BCUT2D eigenvalue weighted by Crippen LogP contribution is -2.52. The number of nitrogens with zero attached hydrogens (tertiary/aromatic N) is 2. The Kier molecular flexibility index (Phi) is 3.96. The van der Waals surface area contributed by atoms with Crippen molar-refractivity contribution in [1.82, 2.24) is 9.88 Å². The van der Waals surface area contributed by atoms with E-state index in [0.717, 1.165) is 0 Å². The molecule has 25 heavy (non-hydrogen) atoms. The van der Waals surface area contributed by atoms with Gasteiger partial charge in [-0.3, -0.25) is 14.6 Å². The molecule has 1 aromatic heterocycles. The fourth-order valence-electron chi connectivity index (χ4n) is 3.54. The summed E-state index contributed by atoms with van der Waals surface area (Å²) in [4.78, 5) is 30.8. The normalized spacial score (nSPS) is 18.6. The number of carbonyl (C=O) groups excluding carboxylic acids is 2. The van der Waals surface area contributed by atoms with Crippen LogP contribution in [-0.2, 0) is 0 Å². The Hall–Kier alpha value is -2.40. The highest BCUT2D eigenvalue weighted by molar-refractivity contribution is 6.31. The monoisotopic (exact) mass is 356 g/mol. The van der Waals surface area contributed by atoms with Crippen molar-refractivity contribution >= 4 is 23.3 Å². The van der Waals surface area contributed by atoms with Gasteiger partial charge in [-0.2, -0.15) is 0 Å². The number of likely N-dealkylation sites (tertiary alicyclic amines) is 1. The Bertz CT molecular complexity index is 830. The molecule has 2 aliphatic rings. The molecule has 2 aliphatic heterocycles. The third kappa shape index (κ3) is 3.00. The molecule has 6 heteroatoms. The minimum absolute atomic E-state index is 0.00781. The van der Waals surface area contributed by atoms with Gasteiger partial charge in [0.25, 0.3) is 5.91 Å². The van der Waals surface area contributed by atoms with Crippen LogP contribution in [0.5, 0.6) is 5.75 Å². The first kappa shape index (κ1) is 16.1. The molecule has 0 saturated carbocycles. The number of piperidine rings is 1. The Labute approximate surface area is 150 Å². The summed E-state index contributed by atoms with van der Waals surface area (Å²) in [6, 6.07) is 8.58. The number of hydrogen-bond acceptors (Lipinski definition) is 4. The number of fused-ring (bicyclic) bond motifs is 1. The van der Waals surface area contributed by atoms with E-state index in [2.05, 4.69) is 4.98 Å². The van der Waals surface area contributed by atoms with Crippen molar-refractivity contribution in [1.29, 1.82) is 0 Å². The van der Waals surface area contributed by atoms with Gasteiger partial charge in [0.2, 0.25) is 0 Å². The van der Waals surface area contributed by atoms with Crippen LogP contribution in [0.2, 0.25) is 5.02 Å². The van der Waals surface area contributed by atoms with Crippen LogP contribution in [0.4, 0.5) is 0 Å². The summed E-state index contributed by atoms with van der Waals surface area (Å²) in [7, 11) is 0. The first-order valence-corrected chi connectivity index (χ1v) is 8.65. The van der Waals surface area contributed by atoms with E-state index < -0.39 is 5.60 Å². The van der Waals surface area contributed by atoms with Gasteiger partial charge in [-0.05, 0) is 30.3 Å². The van der Waals surface area contributed by atoms with Gasteiger partial charge in [0, 0.05) is 48.9 Å². The molecule has 1 spiro atoms. The van der Waals surface area contributed by atoms with Crippen molar-refractivity contribution in [3.63, 3.8) is 0 Å². The van der Waals surface area contributed by atoms with Crippen LogP contribution in [0.15, 0.2) is 42.7 Å². The predicted molar refractivity (Wildman–Crippen MR) is 93.1 cm³/mol. The summed E-state index contributed by atoms with van der Waals surface area (Å²) in [5.41, 5.74) is 0.660. The van der Waals surface area contributed by atoms with Crippen LogP contribution in [0.25, 0.3) is 0 Å². The lowest BCUT2D eigenvalue weighted by atomic mass is 9.82. The molecule has 128 valence electrons. The number of amides is 1. The van der Waals surface area contributed by atoms with Crippen molar-refractivity contribution in [2.24, 2.45) is 0 Å². The van der Waals surface area contributed by atoms with Crippen LogP contribution in [-0.4, -0.2) is 40.3 Å². The predicted octanol–water partition coefficient (Wildman–Crippen LogP) is 3.38. The van der Waals surface area contributed by atoms with Gasteiger partial charge in [-0.1, -0.05) is 11.6 Å². The number of ether oxygens (including phenoxy) is 1. The summed E-state index contributed by atoms with van der Waals surface area (Å²) in [5, 5.41) is 0.532. The van der Waals surface area contributed by atoms with Gasteiger partial charge in [-0.25, -0.2) is 0 Å². The van der Waals surface area contributed by atoms with Crippen molar-refractivity contribution in [2.45, 2.75) is 24.9 Å². The Balaban J connectivity index is 1.49. The molecule has 3 heterocycles. The summed E-state index contributed by atoms with van der Waals surface area (Å²) in [6.45, 7) is 1.13. The molecule has 5 nitrogen and oxygen atoms in total. The molecule has 2 aromatic rings. The standard InChI is InChI=1S/C19H17ClN2O3/c20-14-1-2-17-15(11-14)16(23)12-19(25-17)5-9-22(10-6-19)18(24)13-3-7-21-8-4-13/h1-4,7-8,11H,5-6,9-10,12H2. The second kappa shape index (κ2) is 6.15. The number of benzene rings is 1. The highest BCUT2D eigenvalue weighted by Gasteiger charge is 2.43. The van der Waals surface area contributed by atoms with Gasteiger partial charge in [0.15, 0.2) is 5.78 Å². The van der Waals surface area contributed by atoms with Crippen LogP contribution >= 0.6 is 11.6 Å². The maximum atomic E-state index is 12.5. The van der Waals surface area contributed by atoms with E-state index in [1.807, 2.05) is 4.90 Å². The summed E-state index contributed by atoms with van der Waals surface area (Å²) < 4.78 is 6.19. The van der Waals surface area contributed by atoms with E-state index >= 15 is 0 Å². The van der Waals surface area contributed by atoms with E-state index in [-0.39, 0.29) is 11.7 Å². The van der Waals surface area contributed by atoms with Crippen molar-refractivity contribution in [3.8, 4) is 5.75 Å². The molecule has 0 bridgehead atoms. The summed E-state index contributed by atoms with van der Waals surface area (Å²) >= 11 is 5.98. The van der Waals surface area contributed by atoms with Crippen LogP contribution in [0.1, 0.15) is 40.0 Å². The van der Waals surface area contributed by atoms with Gasteiger partial charge in [0.05, 0.1) is 12.0 Å². The fraction of sp³-hybridized carbons (Fsp3) is 0.316. The third-order valence-electron chi connectivity index (χ3n) is 4.94. The first-order chi connectivity index (χ1) is 12.1. The van der Waals surface area contributed by atoms with Crippen molar-refractivity contribution < 1.29 is 14.3 Å². The molecule has 1 amide bonds. The summed E-state index contributed by atoms with van der Waals surface area (Å²) in [6.07, 6.45) is 4.83. The van der Waals surface area contributed by atoms with E-state index in [1.165, 1.54) is 0 Å². The Morgan fingerprint density at radius 3 is 2.60 bits per heavy atom. The zero-order chi connectivity index (χ0) is 17.4. The molecule has 0 aliphatic carbocycles. The molecule has 1 fully saturated rings. The van der Waals surface area contributed by atoms with Gasteiger partial charge < -0.3 is 9.64 Å². The SMILES string of the molecule is O=C1CC2(CCN(C(=O)c3ccncc3)CC2)Oc2ccc(Cl)cc21. The van der Waals surface area contributed by atoms with Gasteiger partial charge in [-0.15, -0.1) is 0 Å². The number of ketones is 1. The Morgan fingerprint density at radius 1 is 1.16 bits per heavy atom. The smallest absolute Gasteiger partial charge is 0.253 e. The quantitative estimate of drug-likeness (QED) is 0.786. The minimum Gasteiger partial charge on any atom is -0.486 e. The number of Topliss-reactive ketones (excluding diaryl/α,β-unsaturated/α-hetero) is 1. The van der Waals surface area contributed by atoms with Crippen LogP contribution in [0.3, 0.4) is 0 Å². The minimum atomic E-state index is -0.521. The third-order valence-corrected chi connectivity index (χ3v) is 5.18. The second-order valence-corrected chi connectivity index (χ2v) is 6.99. The number of rotatable bonds is 1. The van der Waals surface area contributed by atoms with Crippen molar-refractivity contribution in [2.75, 3.05) is 13.1 Å². The molecular weight excluding hydrogens is 340 g/mol. The van der Waals surface area contributed by atoms with E-state index in [4.69, 9.17) is 16.3 Å². The zero-order valence-electron chi connectivity index (χ0n) is 13.6. The molecule has 0 atom stereocenters. The van der Waals surface area contributed by atoms with Crippen LogP contribution < -0.4 is 4.74 Å². The van der Waals surface area contributed by atoms with Crippen LogP contribution in [0, 0.1) is 0 Å². The first-order valence-electron chi connectivity index (χ1n) is 8.27. The van der Waals surface area contributed by atoms with E-state index in [1.54, 1.807) is 42.7 Å². The lowest BCUT2D eigenvalue weighted by molar-refractivity contribution is -0.00570. The topological polar surface area (TPSA) is 59.5 Å². The summed E-state index contributed by atoms with van der Waals surface area (Å²) in [5.74, 6) is 0.638. The largest absolute Gasteiger partial charge is 0.486 e. The lowest BCUT2D eigenvalue weighted by Gasteiger charge is -2.44. The second-order valence-electron chi connectivity index (χ2n) is 6.55. The molecule has 0 N–H and O–H groups in total. The molecule has 0 unspecified atom stereocenters. The maximum absolute atomic E-state index is 12.5. The maximum Gasteiger partial charge on any atom is 0.253 e. The van der Waals surface area contributed by atoms with E-state index in [9.17, 15) is 9.59 Å². The molecule has 0 radical (unpaired) electrons. The molecule has 4 rings (SSSR count). The number of carbonyl (C=O) groups is 2. The van der Waals surface area contributed by atoms with Gasteiger partial charge in [0.1, 0.15) is 11.4 Å². The fourth-order valence-corrected chi connectivity index (χ4v) is 3.71. The van der Waals surface area contributed by atoms with Crippen molar-refractivity contribution in [3.05, 3.63) is 58.9 Å². The zero-order valence-corrected chi connectivity index (χ0v) is 14.3. The molecule has 1 aromatic carbocycles. The highest BCUT2D eigenvalue weighted by atomic mass is 35.5. The number of halogens is 1. The highest BCUT2D eigenvalue weighted by Crippen LogP contribution is 2.40. The van der Waals surface area contributed by atoms with E-state index in [0.29, 0.717) is 54.3 Å².